The van der Waals surface area contributed by atoms with E-state index < -0.39 is 0 Å². The Morgan fingerprint density at radius 3 is 1.01 bits per heavy atom. The van der Waals surface area contributed by atoms with E-state index in [-0.39, 0.29) is 10.8 Å². The zero-order chi connectivity index (χ0) is 77.1. The van der Waals surface area contributed by atoms with Gasteiger partial charge in [-0.15, -0.1) is 0 Å². The number of rotatable bonds is 10. The summed E-state index contributed by atoms with van der Waals surface area (Å²) >= 11 is 0. The van der Waals surface area contributed by atoms with Crippen molar-refractivity contribution in [3.8, 4) is 55.9 Å². The number of hydrogen-bond donors (Lipinski definition) is 0. The van der Waals surface area contributed by atoms with Gasteiger partial charge in [0.1, 0.15) is 22.3 Å². The third-order valence-corrected chi connectivity index (χ3v) is 25.1. The molecule has 0 atom stereocenters. The average Bonchev–Trinajstić information content (AvgIpc) is 1.58. The van der Waals surface area contributed by atoms with Gasteiger partial charge in [-0.3, -0.25) is 0 Å². The summed E-state index contributed by atoms with van der Waals surface area (Å²) in [5.74, 6) is 0. The summed E-state index contributed by atoms with van der Waals surface area (Å²) in [6, 6.07) is 141. The highest BCUT2D eigenvalue weighted by atomic mass is 16.3. The average molecular weight is 1490 g/mol. The van der Waals surface area contributed by atoms with Crippen LogP contribution in [0.2, 0.25) is 0 Å². The maximum absolute atomic E-state index is 6.30. The quantitative estimate of drug-likeness (QED) is 0.137. The Morgan fingerprint density at radius 2 is 0.543 bits per heavy atom. The molecule has 116 heavy (non-hydrogen) atoms. The van der Waals surface area contributed by atoms with Crippen LogP contribution in [-0.2, 0) is 10.8 Å². The first-order valence-electron chi connectivity index (χ1n) is 40.2. The molecule has 4 aromatic heterocycles. The fourth-order valence-corrected chi connectivity index (χ4v) is 19.3. The summed E-state index contributed by atoms with van der Waals surface area (Å²) in [6.07, 6.45) is 0. The van der Waals surface area contributed by atoms with Gasteiger partial charge in [0.15, 0.2) is 0 Å². The zero-order valence-electron chi connectivity index (χ0n) is 64.6. The molecule has 2 aliphatic carbocycles. The van der Waals surface area contributed by atoms with Gasteiger partial charge in [-0.1, -0.05) is 246 Å². The van der Waals surface area contributed by atoms with Crippen molar-refractivity contribution in [3.05, 3.63) is 411 Å². The van der Waals surface area contributed by atoms with E-state index in [1.165, 1.54) is 132 Å². The molecule has 0 spiro atoms. The molecule has 2 aliphatic rings. The summed E-state index contributed by atoms with van der Waals surface area (Å²) in [4.78, 5) is 4.76. The van der Waals surface area contributed by atoms with Crippen LogP contribution >= 0.6 is 0 Å². The van der Waals surface area contributed by atoms with Crippen LogP contribution in [0.25, 0.3) is 165 Å². The molecular weight excluding hydrogens is 1410 g/mol. The molecule has 0 amide bonds. The number of aromatic nitrogens is 2. The summed E-state index contributed by atoms with van der Waals surface area (Å²) in [5.41, 5.74) is 32.7. The van der Waals surface area contributed by atoms with Crippen LogP contribution in [0.5, 0.6) is 0 Å². The van der Waals surface area contributed by atoms with Gasteiger partial charge in [-0.25, -0.2) is 0 Å². The lowest BCUT2D eigenvalue weighted by Crippen LogP contribution is -2.16. The minimum Gasteiger partial charge on any atom is -0.456 e. The van der Waals surface area contributed by atoms with Crippen molar-refractivity contribution in [2.75, 3.05) is 9.80 Å². The summed E-state index contributed by atoms with van der Waals surface area (Å²) in [7, 11) is 0. The van der Waals surface area contributed by atoms with Gasteiger partial charge in [0.05, 0.1) is 22.1 Å². The van der Waals surface area contributed by atoms with Crippen molar-refractivity contribution in [3.63, 3.8) is 0 Å². The van der Waals surface area contributed by atoms with Crippen LogP contribution in [0.3, 0.4) is 0 Å². The highest BCUT2D eigenvalue weighted by Crippen LogP contribution is 2.55. The molecule has 0 N–H and O–H groups in total. The first-order chi connectivity index (χ1) is 57.0. The lowest BCUT2D eigenvalue weighted by atomic mass is 9.81. The lowest BCUT2D eigenvalue weighted by molar-refractivity contribution is 0.661. The number of furan rings is 2. The summed E-state index contributed by atoms with van der Waals surface area (Å²) < 4.78 is 17.4. The second kappa shape index (κ2) is 25.9. The topological polar surface area (TPSA) is 42.6 Å². The second-order valence-electron chi connectivity index (χ2n) is 32.4. The molecule has 548 valence electrons. The fraction of sp³-hybridized carbons (Fsp3) is 0.0545. The molecule has 0 saturated carbocycles. The van der Waals surface area contributed by atoms with E-state index in [0.29, 0.717) is 0 Å². The van der Waals surface area contributed by atoms with Gasteiger partial charge in [-0.2, -0.15) is 0 Å². The third-order valence-electron chi connectivity index (χ3n) is 25.1. The molecule has 0 bridgehead atoms. The molecule has 4 heterocycles. The largest absolute Gasteiger partial charge is 0.456 e. The molecule has 0 unspecified atom stereocenters. The normalized spacial score (nSPS) is 13.1. The molecule has 6 heteroatoms. The molecule has 0 fully saturated rings. The molecule has 24 rings (SSSR count). The number of nitrogens with zero attached hydrogens (tertiary/aromatic N) is 4. The van der Waals surface area contributed by atoms with E-state index in [0.717, 1.165) is 89.4 Å². The van der Waals surface area contributed by atoms with Crippen LogP contribution in [0.15, 0.2) is 397 Å². The number of para-hydroxylation sites is 6. The van der Waals surface area contributed by atoms with Gasteiger partial charge in [0.25, 0.3) is 0 Å². The van der Waals surface area contributed by atoms with E-state index in [2.05, 4.69) is 411 Å². The zero-order valence-corrected chi connectivity index (χ0v) is 64.6. The Labute approximate surface area is 671 Å². The molecule has 18 aromatic carbocycles. The number of benzene rings is 18. The van der Waals surface area contributed by atoms with Gasteiger partial charge >= 0.3 is 0 Å². The third kappa shape index (κ3) is 10.6. The molecule has 22 aromatic rings. The summed E-state index contributed by atoms with van der Waals surface area (Å²) in [5, 5.41) is 14.5. The van der Waals surface area contributed by atoms with Crippen molar-refractivity contribution in [1.82, 2.24) is 9.13 Å². The van der Waals surface area contributed by atoms with Crippen molar-refractivity contribution in [2.24, 2.45) is 0 Å². The molecular formula is C110H76N4O2. The summed E-state index contributed by atoms with van der Waals surface area (Å²) in [6.45, 7) is 9.44. The maximum atomic E-state index is 6.30. The van der Waals surface area contributed by atoms with Crippen LogP contribution in [-0.4, -0.2) is 9.13 Å². The smallest absolute Gasteiger partial charge is 0.136 e. The van der Waals surface area contributed by atoms with E-state index in [4.69, 9.17) is 8.83 Å². The maximum Gasteiger partial charge on any atom is 0.136 e. The van der Waals surface area contributed by atoms with Crippen LogP contribution in [0.4, 0.5) is 34.1 Å². The Hall–Kier alpha value is -14.7. The van der Waals surface area contributed by atoms with Crippen molar-refractivity contribution >= 4 is 143 Å². The Morgan fingerprint density at radius 1 is 0.207 bits per heavy atom. The van der Waals surface area contributed by atoms with Crippen LogP contribution in [0.1, 0.15) is 49.9 Å². The minimum atomic E-state index is -0.123. The molecule has 6 nitrogen and oxygen atoms in total. The highest BCUT2D eigenvalue weighted by Gasteiger charge is 2.38. The van der Waals surface area contributed by atoms with E-state index >= 15 is 0 Å². The minimum absolute atomic E-state index is 0.0786. The van der Waals surface area contributed by atoms with Crippen LogP contribution in [0, 0.1) is 0 Å². The van der Waals surface area contributed by atoms with Crippen molar-refractivity contribution in [2.45, 2.75) is 38.5 Å². The Bertz CT molecular complexity index is 7730. The second-order valence-corrected chi connectivity index (χ2v) is 32.4. The predicted molar refractivity (Wildman–Crippen MR) is 486 cm³/mol. The van der Waals surface area contributed by atoms with Gasteiger partial charge in [0, 0.05) is 99.4 Å². The number of anilines is 6. The van der Waals surface area contributed by atoms with Crippen molar-refractivity contribution in [1.29, 1.82) is 0 Å². The van der Waals surface area contributed by atoms with E-state index in [1.807, 2.05) is 24.3 Å². The predicted octanol–water partition coefficient (Wildman–Crippen LogP) is 30.6. The standard InChI is InChI=1S/2C55H38N2O/c1-55(2)49-31-38-13-7-6-12-37(38)30-46(49)43-29-28-42(32-50(43)55)56(39-14-4-3-5-15-39)40-24-20-35(21-25-40)36-22-26-41(27-23-36)57-51-18-10-8-16-44(51)47-34-54-48(33-52(47)57)45-17-9-11-19-53(45)58-54;1-55(2)49-29-28-42(32-46(49)45-30-37-12-6-7-13-38(37)31-50(45)55)56(39-14-4-3-5-15-39)40-24-20-35(21-25-40)36-22-26-41(27-23-36)57-51-18-10-8-16-43(51)47-34-54-48(33-52(47)57)44-17-9-11-19-53(44)58-54/h2*3-34H,1-2H3. The fourth-order valence-electron chi connectivity index (χ4n) is 19.3. The molecule has 0 radical (unpaired) electrons. The Kier molecular flexibility index (Phi) is 15.0. The van der Waals surface area contributed by atoms with Gasteiger partial charge < -0.3 is 27.8 Å². The highest BCUT2D eigenvalue weighted by molar-refractivity contribution is 6.19. The van der Waals surface area contributed by atoms with Crippen molar-refractivity contribution < 1.29 is 8.83 Å². The first-order valence-corrected chi connectivity index (χ1v) is 40.2. The SMILES string of the molecule is CC1(C)c2cc(N(c3ccccc3)c3ccc(-c4ccc(-n5c6ccccc6c6cc7oc8ccccc8c7cc65)cc4)cc3)ccc2-c2cc3ccccc3cc21.CC1(C)c2ccc(N(c3ccccc3)c3ccc(-c4ccc(-n5c6ccccc6c6cc7oc8ccccc8c7cc65)cc4)cc3)cc2-c2cc3ccccc3cc21. The van der Waals surface area contributed by atoms with Gasteiger partial charge in [0.2, 0.25) is 0 Å². The number of fused-ring (bicyclic) bond motifs is 20. The van der Waals surface area contributed by atoms with Crippen LogP contribution < -0.4 is 9.80 Å². The van der Waals surface area contributed by atoms with Gasteiger partial charge in [-0.05, 0) is 258 Å². The van der Waals surface area contributed by atoms with E-state index in [9.17, 15) is 0 Å². The lowest BCUT2D eigenvalue weighted by Gasteiger charge is -2.28. The Balaban J connectivity index is 0.000000137. The monoisotopic (exact) mass is 1480 g/mol. The first kappa shape index (κ1) is 67.0. The molecule has 0 aliphatic heterocycles. The number of hydrogen-bond acceptors (Lipinski definition) is 4. The molecule has 0 saturated heterocycles. The van der Waals surface area contributed by atoms with E-state index in [1.54, 1.807) is 0 Å².